The van der Waals surface area contributed by atoms with Gasteiger partial charge in [-0.3, -0.25) is 0 Å². The fraction of sp³-hybridized carbons (Fsp3) is 0.364. The topological polar surface area (TPSA) is 96.7 Å². The molecule has 0 fully saturated rings. The molecule has 3 aromatic heterocycles. The molecule has 0 saturated heterocycles. The summed E-state index contributed by atoms with van der Waals surface area (Å²) in [6, 6.07) is 1.97. The quantitative estimate of drug-likeness (QED) is 0.703. The minimum atomic E-state index is 0.0220. The van der Waals surface area contributed by atoms with Crippen molar-refractivity contribution in [3.05, 3.63) is 35.5 Å². The first-order chi connectivity index (χ1) is 9.22. The number of hydrogen-bond donors (Lipinski definition) is 2. The smallest absolute Gasteiger partial charge is 0.191 e. The van der Waals surface area contributed by atoms with Crippen molar-refractivity contribution < 1.29 is 0 Å². The Hall–Kier alpha value is -2.35. The molecule has 0 aliphatic carbocycles. The summed E-state index contributed by atoms with van der Waals surface area (Å²) >= 11 is 0. The zero-order valence-corrected chi connectivity index (χ0v) is 10.7. The van der Waals surface area contributed by atoms with E-state index in [2.05, 4.69) is 36.0 Å². The molecule has 1 atom stereocenters. The molecule has 0 bridgehead atoms. The maximum Gasteiger partial charge on any atom is 0.191 e. The highest BCUT2D eigenvalue weighted by molar-refractivity contribution is 5.38. The van der Waals surface area contributed by atoms with E-state index in [-0.39, 0.29) is 6.04 Å². The molecule has 0 aromatic carbocycles. The van der Waals surface area contributed by atoms with Gasteiger partial charge in [0.1, 0.15) is 0 Å². The van der Waals surface area contributed by atoms with Crippen LogP contribution in [0.2, 0.25) is 0 Å². The standard InChI is InChI=1S/C11H14N8/c1-7-3-10-13-5-9(6-19(10)16-7)4-12-8(2)11-14-17-18-15-11/h3,5-6,8,12H,4H2,1-2H3,(H,14,15,17,18). The molecule has 2 N–H and O–H groups in total. The Morgan fingerprint density at radius 2 is 2.37 bits per heavy atom. The molecule has 0 aliphatic heterocycles. The SMILES string of the molecule is Cc1cc2ncc(CNC(C)c3nn[nH]n3)cn2n1. The zero-order chi connectivity index (χ0) is 13.2. The lowest BCUT2D eigenvalue weighted by atomic mass is 10.3. The Labute approximate surface area is 109 Å². The van der Waals surface area contributed by atoms with Crippen LogP contribution < -0.4 is 5.32 Å². The molecule has 1 unspecified atom stereocenters. The fourth-order valence-corrected chi connectivity index (χ4v) is 1.84. The lowest BCUT2D eigenvalue weighted by Crippen LogP contribution is -2.19. The second-order valence-corrected chi connectivity index (χ2v) is 4.42. The minimum Gasteiger partial charge on any atom is -0.303 e. The van der Waals surface area contributed by atoms with Crippen molar-refractivity contribution >= 4 is 5.65 Å². The summed E-state index contributed by atoms with van der Waals surface area (Å²) in [4.78, 5) is 4.35. The molecule has 0 aliphatic rings. The summed E-state index contributed by atoms with van der Waals surface area (Å²) < 4.78 is 1.78. The predicted octanol–water partition coefficient (Wildman–Crippen LogP) is 0.402. The van der Waals surface area contributed by atoms with Crippen molar-refractivity contribution in [2.45, 2.75) is 26.4 Å². The maximum atomic E-state index is 4.35. The largest absolute Gasteiger partial charge is 0.303 e. The van der Waals surface area contributed by atoms with Gasteiger partial charge in [0.2, 0.25) is 0 Å². The summed E-state index contributed by atoms with van der Waals surface area (Å²) in [6.45, 7) is 4.59. The van der Waals surface area contributed by atoms with Crippen LogP contribution in [0.1, 0.15) is 30.0 Å². The van der Waals surface area contributed by atoms with Gasteiger partial charge < -0.3 is 5.32 Å². The number of rotatable bonds is 4. The van der Waals surface area contributed by atoms with Gasteiger partial charge in [-0.15, -0.1) is 10.2 Å². The molecule has 98 valence electrons. The van der Waals surface area contributed by atoms with E-state index in [0.29, 0.717) is 12.4 Å². The van der Waals surface area contributed by atoms with Crippen LogP contribution in [0.15, 0.2) is 18.5 Å². The molecule has 8 nitrogen and oxygen atoms in total. The molecule has 0 amide bonds. The molecular weight excluding hydrogens is 244 g/mol. The molecule has 0 radical (unpaired) electrons. The van der Waals surface area contributed by atoms with Crippen molar-refractivity contribution in [1.82, 2.24) is 40.5 Å². The number of H-pyrrole nitrogens is 1. The number of fused-ring (bicyclic) bond motifs is 1. The van der Waals surface area contributed by atoms with E-state index in [1.54, 1.807) is 4.52 Å². The van der Waals surface area contributed by atoms with E-state index in [4.69, 9.17) is 0 Å². The van der Waals surface area contributed by atoms with E-state index in [9.17, 15) is 0 Å². The molecule has 0 spiro atoms. The third-order valence-electron chi connectivity index (χ3n) is 2.85. The third kappa shape index (κ3) is 2.43. The molecule has 19 heavy (non-hydrogen) atoms. The Morgan fingerprint density at radius 3 is 3.16 bits per heavy atom. The highest BCUT2D eigenvalue weighted by atomic mass is 15.5. The summed E-state index contributed by atoms with van der Waals surface area (Å²) in [5, 5.41) is 21.5. The van der Waals surface area contributed by atoms with E-state index >= 15 is 0 Å². The van der Waals surface area contributed by atoms with Crippen LogP contribution in [0, 0.1) is 6.92 Å². The fourth-order valence-electron chi connectivity index (χ4n) is 1.84. The van der Waals surface area contributed by atoms with E-state index in [1.165, 1.54) is 0 Å². The van der Waals surface area contributed by atoms with Crippen molar-refractivity contribution in [2.75, 3.05) is 0 Å². The van der Waals surface area contributed by atoms with Gasteiger partial charge in [-0.2, -0.15) is 10.3 Å². The van der Waals surface area contributed by atoms with Gasteiger partial charge in [0.15, 0.2) is 11.5 Å². The Bertz CT molecular complexity index is 671. The second-order valence-electron chi connectivity index (χ2n) is 4.42. The van der Waals surface area contributed by atoms with Crippen LogP contribution in [-0.2, 0) is 6.54 Å². The van der Waals surface area contributed by atoms with Gasteiger partial charge >= 0.3 is 0 Å². The number of hydrogen-bond acceptors (Lipinski definition) is 6. The summed E-state index contributed by atoms with van der Waals surface area (Å²) in [5.41, 5.74) is 2.86. The summed E-state index contributed by atoms with van der Waals surface area (Å²) in [6.07, 6.45) is 3.80. The van der Waals surface area contributed by atoms with Crippen molar-refractivity contribution in [3.63, 3.8) is 0 Å². The summed E-state index contributed by atoms with van der Waals surface area (Å²) in [5.74, 6) is 0.643. The highest BCUT2D eigenvalue weighted by Gasteiger charge is 2.09. The lowest BCUT2D eigenvalue weighted by molar-refractivity contribution is 0.544. The highest BCUT2D eigenvalue weighted by Crippen LogP contribution is 2.07. The predicted molar refractivity (Wildman–Crippen MR) is 67.2 cm³/mol. The Morgan fingerprint density at radius 1 is 1.47 bits per heavy atom. The van der Waals surface area contributed by atoms with Crippen molar-refractivity contribution in [2.24, 2.45) is 0 Å². The van der Waals surface area contributed by atoms with E-state index in [1.807, 2.05) is 32.3 Å². The van der Waals surface area contributed by atoms with E-state index in [0.717, 1.165) is 16.9 Å². The van der Waals surface area contributed by atoms with Crippen LogP contribution in [-0.4, -0.2) is 35.2 Å². The van der Waals surface area contributed by atoms with Gasteiger partial charge in [0.05, 0.1) is 11.7 Å². The maximum absolute atomic E-state index is 4.35. The molecule has 3 heterocycles. The monoisotopic (exact) mass is 258 g/mol. The number of aromatic amines is 1. The zero-order valence-electron chi connectivity index (χ0n) is 10.7. The first-order valence-corrected chi connectivity index (χ1v) is 6.00. The average molecular weight is 258 g/mol. The third-order valence-corrected chi connectivity index (χ3v) is 2.85. The second kappa shape index (κ2) is 4.73. The van der Waals surface area contributed by atoms with Gasteiger partial charge in [-0.25, -0.2) is 9.50 Å². The van der Waals surface area contributed by atoms with Crippen molar-refractivity contribution in [3.8, 4) is 0 Å². The Kier molecular flexibility index (Phi) is 2.92. The number of aromatic nitrogens is 7. The number of tetrazole rings is 1. The van der Waals surface area contributed by atoms with Crippen molar-refractivity contribution in [1.29, 1.82) is 0 Å². The molecule has 0 saturated carbocycles. The van der Waals surface area contributed by atoms with Gasteiger partial charge in [-0.05, 0) is 13.8 Å². The number of nitrogens with one attached hydrogen (secondary N) is 2. The van der Waals surface area contributed by atoms with Crippen LogP contribution in [0.3, 0.4) is 0 Å². The van der Waals surface area contributed by atoms with Gasteiger partial charge in [0.25, 0.3) is 0 Å². The van der Waals surface area contributed by atoms with Gasteiger partial charge in [0, 0.05) is 30.6 Å². The molecule has 3 aromatic rings. The van der Waals surface area contributed by atoms with E-state index < -0.39 is 0 Å². The minimum absolute atomic E-state index is 0.0220. The molecular formula is C11H14N8. The Balaban J connectivity index is 1.71. The molecule has 3 rings (SSSR count). The van der Waals surface area contributed by atoms with Crippen LogP contribution >= 0.6 is 0 Å². The van der Waals surface area contributed by atoms with Crippen LogP contribution in [0.4, 0.5) is 0 Å². The van der Waals surface area contributed by atoms with Crippen LogP contribution in [0.25, 0.3) is 5.65 Å². The van der Waals surface area contributed by atoms with Gasteiger partial charge in [-0.1, -0.05) is 5.21 Å². The number of aryl methyl sites for hydroxylation is 1. The summed E-state index contributed by atoms with van der Waals surface area (Å²) in [7, 11) is 0. The first kappa shape index (κ1) is 11.7. The van der Waals surface area contributed by atoms with Crippen LogP contribution in [0.5, 0.6) is 0 Å². The first-order valence-electron chi connectivity index (χ1n) is 6.00. The average Bonchev–Trinajstić information content (AvgIpc) is 3.03. The normalized spacial score (nSPS) is 12.9. The molecule has 8 heteroatoms. The number of nitrogens with zero attached hydrogens (tertiary/aromatic N) is 6. The lowest BCUT2D eigenvalue weighted by Gasteiger charge is -2.09.